The minimum absolute atomic E-state index is 0.0835. The Balaban J connectivity index is 2.43. The third-order valence-electron chi connectivity index (χ3n) is 3.76. The van der Waals surface area contributed by atoms with E-state index in [1.165, 1.54) is 0 Å². The van der Waals surface area contributed by atoms with Crippen LogP contribution >= 0.6 is 0 Å². The highest BCUT2D eigenvalue weighted by molar-refractivity contribution is 5.59. The largest absolute Gasteiger partial charge is 0.394 e. The number of aliphatic hydroxyl groups is 2. The van der Waals surface area contributed by atoms with E-state index in [9.17, 15) is 10.2 Å². The standard InChI is InChI=1S/C15H20N2O2/c1-11(19)14-6-5-12(9-16)8-15(14)17-7-3-2-4-13(17)10-18/h5-6,8,11,13,18-19H,2-4,7,10H2,1H3/t11-,13?/m0/s1. The fourth-order valence-corrected chi connectivity index (χ4v) is 2.72. The van der Waals surface area contributed by atoms with Gasteiger partial charge in [-0.05, 0) is 38.3 Å². The topological polar surface area (TPSA) is 67.5 Å². The van der Waals surface area contributed by atoms with Crippen molar-refractivity contribution in [3.05, 3.63) is 29.3 Å². The number of nitriles is 1. The molecule has 1 aromatic rings. The van der Waals surface area contributed by atoms with Gasteiger partial charge in [0.25, 0.3) is 0 Å². The van der Waals surface area contributed by atoms with Crippen LogP contribution in [0, 0.1) is 11.3 Å². The van der Waals surface area contributed by atoms with Crippen LogP contribution in [-0.2, 0) is 0 Å². The van der Waals surface area contributed by atoms with E-state index in [1.54, 1.807) is 13.0 Å². The summed E-state index contributed by atoms with van der Waals surface area (Å²) in [5, 5.41) is 28.4. The molecular formula is C15H20N2O2. The van der Waals surface area contributed by atoms with Gasteiger partial charge in [0.2, 0.25) is 0 Å². The Labute approximate surface area is 113 Å². The van der Waals surface area contributed by atoms with E-state index in [-0.39, 0.29) is 12.6 Å². The zero-order valence-electron chi connectivity index (χ0n) is 11.2. The second kappa shape index (κ2) is 6.05. The molecule has 19 heavy (non-hydrogen) atoms. The Morgan fingerprint density at radius 1 is 1.47 bits per heavy atom. The Bertz CT molecular complexity index is 480. The molecule has 2 N–H and O–H groups in total. The maximum absolute atomic E-state index is 9.89. The van der Waals surface area contributed by atoms with Crippen LogP contribution in [0.1, 0.15) is 43.4 Å². The van der Waals surface area contributed by atoms with Gasteiger partial charge in [-0.25, -0.2) is 0 Å². The van der Waals surface area contributed by atoms with Crippen molar-refractivity contribution in [2.45, 2.75) is 38.3 Å². The predicted octanol–water partition coefficient (Wildman–Crippen LogP) is 1.96. The van der Waals surface area contributed by atoms with Crippen molar-refractivity contribution >= 4 is 5.69 Å². The molecule has 1 aliphatic heterocycles. The maximum atomic E-state index is 9.89. The summed E-state index contributed by atoms with van der Waals surface area (Å²) in [7, 11) is 0. The molecule has 1 saturated heterocycles. The molecule has 2 rings (SSSR count). The number of piperidine rings is 1. The van der Waals surface area contributed by atoms with Crippen LogP contribution in [0.4, 0.5) is 5.69 Å². The van der Waals surface area contributed by atoms with E-state index in [0.29, 0.717) is 5.56 Å². The lowest BCUT2D eigenvalue weighted by Crippen LogP contribution is -2.42. The van der Waals surface area contributed by atoms with E-state index >= 15 is 0 Å². The predicted molar refractivity (Wildman–Crippen MR) is 73.9 cm³/mol. The Kier molecular flexibility index (Phi) is 4.41. The van der Waals surface area contributed by atoms with Gasteiger partial charge >= 0.3 is 0 Å². The molecule has 2 atom stereocenters. The molecule has 1 aromatic carbocycles. The summed E-state index contributed by atoms with van der Waals surface area (Å²) in [4.78, 5) is 2.13. The second-order valence-electron chi connectivity index (χ2n) is 5.09. The molecule has 0 aliphatic carbocycles. The van der Waals surface area contributed by atoms with Crippen molar-refractivity contribution in [1.82, 2.24) is 0 Å². The minimum atomic E-state index is -0.580. The van der Waals surface area contributed by atoms with Gasteiger partial charge in [-0.3, -0.25) is 0 Å². The van der Waals surface area contributed by atoms with Crippen molar-refractivity contribution in [3.8, 4) is 6.07 Å². The number of anilines is 1. The van der Waals surface area contributed by atoms with Crippen LogP contribution in [0.3, 0.4) is 0 Å². The molecule has 102 valence electrons. The van der Waals surface area contributed by atoms with Crippen molar-refractivity contribution in [2.75, 3.05) is 18.1 Å². The first-order chi connectivity index (χ1) is 9.17. The minimum Gasteiger partial charge on any atom is -0.394 e. The summed E-state index contributed by atoms with van der Waals surface area (Å²) in [5.41, 5.74) is 2.29. The SMILES string of the molecule is C[C@H](O)c1ccc(C#N)cc1N1CCCCC1CO. The van der Waals surface area contributed by atoms with Gasteiger partial charge in [0.1, 0.15) is 0 Å². The molecule has 0 spiro atoms. The fraction of sp³-hybridized carbons (Fsp3) is 0.533. The van der Waals surface area contributed by atoms with Crippen LogP contribution in [-0.4, -0.2) is 29.4 Å². The summed E-state index contributed by atoms with van der Waals surface area (Å²) >= 11 is 0. The second-order valence-corrected chi connectivity index (χ2v) is 5.09. The summed E-state index contributed by atoms with van der Waals surface area (Å²) in [6.45, 7) is 2.69. The number of nitrogens with zero attached hydrogens (tertiary/aromatic N) is 2. The van der Waals surface area contributed by atoms with Crippen LogP contribution in [0.25, 0.3) is 0 Å². The molecule has 0 amide bonds. The summed E-state index contributed by atoms with van der Waals surface area (Å²) in [6.07, 6.45) is 2.56. The molecule has 1 aliphatic rings. The summed E-state index contributed by atoms with van der Waals surface area (Å²) in [5.74, 6) is 0. The number of hydrogen-bond acceptors (Lipinski definition) is 4. The summed E-state index contributed by atoms with van der Waals surface area (Å²) in [6, 6.07) is 7.57. The quantitative estimate of drug-likeness (QED) is 0.872. The van der Waals surface area contributed by atoms with Crippen LogP contribution in [0.2, 0.25) is 0 Å². The van der Waals surface area contributed by atoms with E-state index in [1.807, 2.05) is 12.1 Å². The molecule has 1 heterocycles. The number of aliphatic hydroxyl groups excluding tert-OH is 2. The van der Waals surface area contributed by atoms with Crippen molar-refractivity contribution in [1.29, 1.82) is 5.26 Å². The Hall–Kier alpha value is -1.57. The van der Waals surface area contributed by atoms with Crippen LogP contribution in [0.5, 0.6) is 0 Å². The first kappa shape index (κ1) is 13.9. The van der Waals surface area contributed by atoms with Gasteiger partial charge in [-0.15, -0.1) is 0 Å². The molecule has 0 bridgehead atoms. The van der Waals surface area contributed by atoms with Crippen molar-refractivity contribution in [3.63, 3.8) is 0 Å². The molecular weight excluding hydrogens is 240 g/mol. The molecule has 0 aromatic heterocycles. The third-order valence-corrected chi connectivity index (χ3v) is 3.76. The van der Waals surface area contributed by atoms with Gasteiger partial charge in [0, 0.05) is 17.8 Å². The van der Waals surface area contributed by atoms with Gasteiger partial charge in [0.05, 0.1) is 30.4 Å². The van der Waals surface area contributed by atoms with Crippen LogP contribution in [0.15, 0.2) is 18.2 Å². The normalized spacial score (nSPS) is 20.9. The van der Waals surface area contributed by atoms with E-state index in [0.717, 1.165) is 37.1 Å². The molecule has 1 fully saturated rings. The molecule has 1 unspecified atom stereocenters. The highest BCUT2D eigenvalue weighted by Gasteiger charge is 2.25. The molecule has 4 heteroatoms. The number of hydrogen-bond donors (Lipinski definition) is 2. The lowest BCUT2D eigenvalue weighted by molar-refractivity contribution is 0.198. The van der Waals surface area contributed by atoms with Crippen molar-refractivity contribution < 1.29 is 10.2 Å². The lowest BCUT2D eigenvalue weighted by Gasteiger charge is -2.38. The maximum Gasteiger partial charge on any atom is 0.0992 e. The summed E-state index contributed by atoms with van der Waals surface area (Å²) < 4.78 is 0. The highest BCUT2D eigenvalue weighted by Crippen LogP contribution is 2.32. The van der Waals surface area contributed by atoms with E-state index in [4.69, 9.17) is 5.26 Å². The third kappa shape index (κ3) is 2.89. The fourth-order valence-electron chi connectivity index (χ4n) is 2.72. The van der Waals surface area contributed by atoms with Crippen molar-refractivity contribution in [2.24, 2.45) is 0 Å². The molecule has 4 nitrogen and oxygen atoms in total. The van der Waals surface area contributed by atoms with Gasteiger partial charge in [0.15, 0.2) is 0 Å². The Morgan fingerprint density at radius 2 is 2.26 bits per heavy atom. The van der Waals surface area contributed by atoms with Gasteiger partial charge < -0.3 is 15.1 Å². The number of rotatable bonds is 3. The highest BCUT2D eigenvalue weighted by atomic mass is 16.3. The first-order valence-corrected chi connectivity index (χ1v) is 6.77. The number of benzene rings is 1. The van der Waals surface area contributed by atoms with E-state index in [2.05, 4.69) is 11.0 Å². The zero-order valence-corrected chi connectivity index (χ0v) is 11.2. The van der Waals surface area contributed by atoms with Gasteiger partial charge in [-0.2, -0.15) is 5.26 Å². The van der Waals surface area contributed by atoms with Gasteiger partial charge in [-0.1, -0.05) is 6.07 Å². The first-order valence-electron chi connectivity index (χ1n) is 6.77. The molecule has 0 radical (unpaired) electrons. The average Bonchev–Trinajstić information content (AvgIpc) is 2.46. The zero-order chi connectivity index (χ0) is 13.8. The van der Waals surface area contributed by atoms with E-state index < -0.39 is 6.10 Å². The molecule has 0 saturated carbocycles. The lowest BCUT2D eigenvalue weighted by atomic mass is 9.98. The average molecular weight is 260 g/mol. The Morgan fingerprint density at radius 3 is 2.89 bits per heavy atom. The monoisotopic (exact) mass is 260 g/mol. The van der Waals surface area contributed by atoms with Crippen LogP contribution < -0.4 is 4.90 Å². The smallest absolute Gasteiger partial charge is 0.0992 e.